The Balaban J connectivity index is 2.32. The topological polar surface area (TPSA) is 29.3 Å². The lowest BCUT2D eigenvalue weighted by atomic mass is 10.0. The van der Waals surface area contributed by atoms with Crippen LogP contribution in [-0.4, -0.2) is 24.5 Å². The maximum atomic E-state index is 6.09. The Bertz CT molecular complexity index is 312. The van der Waals surface area contributed by atoms with Gasteiger partial charge in [0.1, 0.15) is 0 Å². The molecule has 1 atom stereocenters. The second kappa shape index (κ2) is 6.74. The Morgan fingerprint density at radius 1 is 1.50 bits per heavy atom. The normalized spacial score (nSPS) is 13.7. The third kappa shape index (κ3) is 5.43. The first-order valence-electron chi connectivity index (χ1n) is 5.64. The van der Waals surface area contributed by atoms with Gasteiger partial charge in [0, 0.05) is 19.1 Å². The van der Waals surface area contributed by atoms with Gasteiger partial charge in [-0.2, -0.15) is 0 Å². The average Bonchev–Trinajstić information content (AvgIpc) is 2.48. The lowest BCUT2D eigenvalue weighted by Crippen LogP contribution is -2.35. The summed E-state index contributed by atoms with van der Waals surface area (Å²) in [6, 6.07) is 2.46. The van der Waals surface area contributed by atoms with Crippen molar-refractivity contribution in [3.63, 3.8) is 0 Å². The molecule has 0 aliphatic rings. The van der Waals surface area contributed by atoms with E-state index in [1.54, 1.807) is 11.3 Å². The predicted octanol–water partition coefficient (Wildman–Crippen LogP) is 3.32. The van der Waals surface area contributed by atoms with Crippen LogP contribution in [0.1, 0.15) is 25.8 Å². The van der Waals surface area contributed by atoms with Gasteiger partial charge in [-0.1, -0.05) is 13.8 Å². The van der Waals surface area contributed by atoms with E-state index < -0.39 is 0 Å². The molecule has 0 fully saturated rings. The van der Waals surface area contributed by atoms with E-state index in [1.807, 2.05) is 0 Å². The molecule has 2 nitrogen and oxygen atoms in total. The monoisotopic (exact) mass is 304 g/mol. The van der Waals surface area contributed by atoms with Gasteiger partial charge in [0.2, 0.25) is 0 Å². The number of likely N-dealkylation sites (N-methyl/N-ethyl adjacent to an activating group) is 1. The Kier molecular flexibility index (Phi) is 5.97. The fourth-order valence-corrected chi connectivity index (χ4v) is 3.09. The zero-order valence-corrected chi connectivity index (χ0v) is 12.6. The average molecular weight is 305 g/mol. The molecule has 16 heavy (non-hydrogen) atoms. The van der Waals surface area contributed by atoms with Gasteiger partial charge in [-0.05, 0) is 52.3 Å². The molecule has 2 N–H and O–H groups in total. The molecular weight excluding hydrogens is 284 g/mol. The van der Waals surface area contributed by atoms with Crippen molar-refractivity contribution in [1.82, 2.24) is 4.90 Å². The molecular formula is C12H21BrN2S. The van der Waals surface area contributed by atoms with Crippen molar-refractivity contribution in [3.8, 4) is 0 Å². The van der Waals surface area contributed by atoms with Crippen LogP contribution in [-0.2, 0) is 6.54 Å². The van der Waals surface area contributed by atoms with Gasteiger partial charge in [-0.25, -0.2) is 0 Å². The van der Waals surface area contributed by atoms with E-state index in [-0.39, 0.29) is 6.04 Å². The third-order valence-electron chi connectivity index (χ3n) is 2.39. The molecule has 0 saturated carbocycles. The van der Waals surface area contributed by atoms with Gasteiger partial charge < -0.3 is 10.6 Å². The maximum Gasteiger partial charge on any atom is 0.0701 e. The summed E-state index contributed by atoms with van der Waals surface area (Å²) >= 11 is 5.22. The number of nitrogens with two attached hydrogens (primary N) is 1. The number of thiophene rings is 1. The van der Waals surface area contributed by atoms with Crippen molar-refractivity contribution in [2.75, 3.05) is 13.6 Å². The fraction of sp³-hybridized carbons (Fsp3) is 0.667. The van der Waals surface area contributed by atoms with Crippen LogP contribution in [0.15, 0.2) is 15.2 Å². The van der Waals surface area contributed by atoms with Crippen LogP contribution in [0.3, 0.4) is 0 Å². The SMILES string of the molecule is CC(C)CC(N)CN(C)Cc1csc(Br)c1. The Hall–Kier alpha value is 0.100. The van der Waals surface area contributed by atoms with E-state index in [2.05, 4.69) is 53.2 Å². The van der Waals surface area contributed by atoms with E-state index >= 15 is 0 Å². The Labute approximate surface area is 111 Å². The van der Waals surface area contributed by atoms with Gasteiger partial charge in [0.15, 0.2) is 0 Å². The van der Waals surface area contributed by atoms with Gasteiger partial charge in [0.05, 0.1) is 3.79 Å². The summed E-state index contributed by atoms with van der Waals surface area (Å²) in [7, 11) is 2.13. The van der Waals surface area contributed by atoms with Crippen LogP contribution in [0.25, 0.3) is 0 Å². The fourth-order valence-electron chi connectivity index (χ4n) is 1.89. The largest absolute Gasteiger partial charge is 0.327 e. The maximum absolute atomic E-state index is 6.09. The van der Waals surface area contributed by atoms with E-state index in [0.717, 1.165) is 19.5 Å². The Morgan fingerprint density at radius 3 is 2.69 bits per heavy atom. The molecule has 0 aromatic carbocycles. The highest BCUT2D eigenvalue weighted by Crippen LogP contribution is 2.21. The summed E-state index contributed by atoms with van der Waals surface area (Å²) in [4.78, 5) is 2.29. The van der Waals surface area contributed by atoms with Crippen LogP contribution in [0.4, 0.5) is 0 Å². The molecule has 1 aromatic rings. The van der Waals surface area contributed by atoms with Gasteiger partial charge in [-0.3, -0.25) is 0 Å². The first-order chi connectivity index (χ1) is 7.47. The molecule has 0 amide bonds. The highest BCUT2D eigenvalue weighted by atomic mass is 79.9. The smallest absolute Gasteiger partial charge is 0.0701 e. The molecule has 92 valence electrons. The van der Waals surface area contributed by atoms with Crippen LogP contribution in [0.5, 0.6) is 0 Å². The van der Waals surface area contributed by atoms with E-state index in [4.69, 9.17) is 5.73 Å². The van der Waals surface area contributed by atoms with Crippen molar-refractivity contribution in [2.24, 2.45) is 11.7 Å². The van der Waals surface area contributed by atoms with Crippen molar-refractivity contribution in [2.45, 2.75) is 32.9 Å². The molecule has 0 spiro atoms. The Morgan fingerprint density at radius 2 is 2.19 bits per heavy atom. The predicted molar refractivity (Wildman–Crippen MR) is 75.8 cm³/mol. The minimum absolute atomic E-state index is 0.284. The standard InChI is InChI=1S/C12H21BrN2S/c1-9(2)4-11(14)7-15(3)6-10-5-12(13)16-8-10/h5,8-9,11H,4,6-7,14H2,1-3H3. The van der Waals surface area contributed by atoms with Gasteiger partial charge in [0.25, 0.3) is 0 Å². The molecule has 4 heteroatoms. The minimum atomic E-state index is 0.284. The molecule has 1 heterocycles. The second-order valence-corrected chi connectivity index (χ2v) is 7.14. The summed E-state index contributed by atoms with van der Waals surface area (Å²) in [5.41, 5.74) is 7.44. The summed E-state index contributed by atoms with van der Waals surface area (Å²) in [6.45, 7) is 6.38. The van der Waals surface area contributed by atoms with Gasteiger partial charge in [-0.15, -0.1) is 11.3 Å². The summed E-state index contributed by atoms with van der Waals surface area (Å²) in [5, 5.41) is 2.19. The first-order valence-corrected chi connectivity index (χ1v) is 7.31. The van der Waals surface area contributed by atoms with E-state index in [1.165, 1.54) is 9.35 Å². The number of halogens is 1. The lowest BCUT2D eigenvalue weighted by molar-refractivity contribution is 0.287. The quantitative estimate of drug-likeness (QED) is 0.873. The van der Waals surface area contributed by atoms with Crippen LogP contribution >= 0.6 is 27.3 Å². The van der Waals surface area contributed by atoms with Crippen LogP contribution < -0.4 is 5.73 Å². The number of nitrogens with zero attached hydrogens (tertiary/aromatic N) is 1. The van der Waals surface area contributed by atoms with Crippen LogP contribution in [0, 0.1) is 5.92 Å². The van der Waals surface area contributed by atoms with Gasteiger partial charge >= 0.3 is 0 Å². The van der Waals surface area contributed by atoms with Crippen molar-refractivity contribution in [3.05, 3.63) is 20.8 Å². The van der Waals surface area contributed by atoms with E-state index in [0.29, 0.717) is 5.92 Å². The lowest BCUT2D eigenvalue weighted by Gasteiger charge is -2.21. The number of hydrogen-bond donors (Lipinski definition) is 1. The second-order valence-electron chi connectivity index (χ2n) is 4.85. The summed E-state index contributed by atoms with van der Waals surface area (Å²) in [6.07, 6.45) is 1.09. The zero-order valence-electron chi connectivity index (χ0n) is 10.2. The molecule has 0 radical (unpaired) electrons. The first kappa shape index (κ1) is 14.2. The minimum Gasteiger partial charge on any atom is -0.327 e. The summed E-state index contributed by atoms with van der Waals surface area (Å²) < 4.78 is 1.20. The van der Waals surface area contributed by atoms with Crippen molar-refractivity contribution >= 4 is 27.3 Å². The number of rotatable bonds is 6. The highest BCUT2D eigenvalue weighted by molar-refractivity contribution is 9.11. The molecule has 0 saturated heterocycles. The highest BCUT2D eigenvalue weighted by Gasteiger charge is 2.09. The molecule has 0 aliphatic carbocycles. The van der Waals surface area contributed by atoms with E-state index in [9.17, 15) is 0 Å². The zero-order chi connectivity index (χ0) is 12.1. The molecule has 1 aromatic heterocycles. The molecule has 1 rings (SSSR count). The number of hydrogen-bond acceptors (Lipinski definition) is 3. The molecule has 0 aliphatic heterocycles. The van der Waals surface area contributed by atoms with Crippen molar-refractivity contribution < 1.29 is 0 Å². The summed E-state index contributed by atoms with van der Waals surface area (Å²) in [5.74, 6) is 0.679. The van der Waals surface area contributed by atoms with Crippen molar-refractivity contribution in [1.29, 1.82) is 0 Å². The van der Waals surface area contributed by atoms with Crippen LogP contribution in [0.2, 0.25) is 0 Å². The third-order valence-corrected chi connectivity index (χ3v) is 3.95. The molecule has 1 unspecified atom stereocenters. The molecule has 0 bridgehead atoms.